The highest BCUT2D eigenvalue weighted by Gasteiger charge is 2.12. The Hall–Kier alpha value is -2.08. The Bertz CT molecular complexity index is 854. The first-order valence-corrected chi connectivity index (χ1v) is 6.67. The second kappa shape index (κ2) is 4.79. The molecule has 2 N–H and O–H groups in total. The van der Waals surface area contributed by atoms with Gasteiger partial charge in [0, 0.05) is 15.7 Å². The van der Waals surface area contributed by atoms with Crippen LogP contribution in [0.3, 0.4) is 0 Å². The molecule has 4 nitrogen and oxygen atoms in total. The van der Waals surface area contributed by atoms with Crippen molar-refractivity contribution >= 4 is 32.7 Å². The number of nitrogens with zero attached hydrogens (tertiary/aromatic N) is 1. The quantitative estimate of drug-likeness (QED) is 0.731. The van der Waals surface area contributed by atoms with Gasteiger partial charge in [-0.1, -0.05) is 15.9 Å². The average molecular weight is 337 g/mol. The van der Waals surface area contributed by atoms with E-state index in [4.69, 9.17) is 10.2 Å². The molecule has 0 atom stereocenters. The molecule has 0 unspecified atom stereocenters. The van der Waals surface area contributed by atoms with E-state index in [1.54, 1.807) is 30.3 Å². The SMILES string of the molecule is Nc1ccc2oc(=O)n(Cc3cc(Br)ccc3F)c2c1. The van der Waals surface area contributed by atoms with Crippen molar-refractivity contribution in [2.45, 2.75) is 6.54 Å². The van der Waals surface area contributed by atoms with E-state index in [1.807, 2.05) is 0 Å². The normalized spacial score (nSPS) is 11.1. The molecule has 102 valence electrons. The van der Waals surface area contributed by atoms with E-state index in [-0.39, 0.29) is 12.4 Å². The summed E-state index contributed by atoms with van der Waals surface area (Å²) in [5.41, 5.74) is 7.60. The lowest BCUT2D eigenvalue weighted by atomic mass is 10.2. The van der Waals surface area contributed by atoms with Crippen LogP contribution in [0.5, 0.6) is 0 Å². The van der Waals surface area contributed by atoms with Crippen LogP contribution in [0.4, 0.5) is 10.1 Å². The first kappa shape index (κ1) is 12.9. The molecule has 6 heteroatoms. The molecular formula is C14H10BrFN2O2. The Morgan fingerprint density at radius 2 is 2.05 bits per heavy atom. The van der Waals surface area contributed by atoms with Crippen LogP contribution < -0.4 is 11.5 Å². The number of anilines is 1. The van der Waals surface area contributed by atoms with Crippen LogP contribution in [-0.2, 0) is 6.54 Å². The molecule has 3 rings (SSSR count). The Morgan fingerprint density at radius 1 is 1.25 bits per heavy atom. The Morgan fingerprint density at radius 3 is 2.85 bits per heavy atom. The number of oxazole rings is 1. The number of hydrogen-bond acceptors (Lipinski definition) is 3. The highest BCUT2D eigenvalue weighted by atomic mass is 79.9. The molecule has 0 aliphatic rings. The van der Waals surface area contributed by atoms with Crippen LogP contribution >= 0.6 is 15.9 Å². The summed E-state index contributed by atoms with van der Waals surface area (Å²) >= 11 is 3.28. The lowest BCUT2D eigenvalue weighted by Crippen LogP contribution is -2.15. The number of fused-ring (bicyclic) bond motifs is 1. The van der Waals surface area contributed by atoms with Crippen molar-refractivity contribution in [3.05, 3.63) is 62.8 Å². The third-order valence-electron chi connectivity index (χ3n) is 3.03. The maximum Gasteiger partial charge on any atom is 0.420 e. The molecule has 0 spiro atoms. The summed E-state index contributed by atoms with van der Waals surface area (Å²) in [6.45, 7) is 0.0839. The van der Waals surface area contributed by atoms with Gasteiger partial charge >= 0.3 is 5.76 Å². The minimum atomic E-state index is -0.537. The number of nitrogen functional groups attached to an aromatic ring is 1. The fourth-order valence-corrected chi connectivity index (χ4v) is 2.47. The van der Waals surface area contributed by atoms with Crippen LogP contribution in [0.25, 0.3) is 11.1 Å². The van der Waals surface area contributed by atoms with Gasteiger partial charge in [0.05, 0.1) is 12.1 Å². The molecule has 0 radical (unpaired) electrons. The number of benzene rings is 2. The second-order valence-electron chi connectivity index (χ2n) is 4.42. The molecule has 1 heterocycles. The largest absolute Gasteiger partial charge is 0.420 e. The summed E-state index contributed by atoms with van der Waals surface area (Å²) in [6.07, 6.45) is 0. The lowest BCUT2D eigenvalue weighted by Gasteiger charge is -2.05. The Kier molecular flexibility index (Phi) is 3.10. The van der Waals surface area contributed by atoms with Crippen LogP contribution in [0.15, 0.2) is 50.1 Å². The lowest BCUT2D eigenvalue weighted by molar-refractivity contribution is 0.512. The van der Waals surface area contributed by atoms with E-state index in [1.165, 1.54) is 10.6 Å². The van der Waals surface area contributed by atoms with Crippen LogP contribution in [0.1, 0.15) is 5.56 Å². The molecule has 20 heavy (non-hydrogen) atoms. The fraction of sp³-hybridized carbons (Fsp3) is 0.0714. The number of halogens is 2. The van der Waals surface area contributed by atoms with Gasteiger partial charge in [-0.3, -0.25) is 4.57 Å². The predicted molar refractivity (Wildman–Crippen MR) is 78.1 cm³/mol. The summed E-state index contributed by atoms with van der Waals surface area (Å²) in [5.74, 6) is -0.914. The van der Waals surface area contributed by atoms with Gasteiger partial charge < -0.3 is 10.2 Å². The summed E-state index contributed by atoms with van der Waals surface area (Å²) in [5, 5.41) is 0. The Labute approximate surface area is 121 Å². The van der Waals surface area contributed by atoms with Crippen molar-refractivity contribution in [1.82, 2.24) is 4.57 Å². The third kappa shape index (κ3) is 2.22. The maximum absolute atomic E-state index is 13.8. The van der Waals surface area contributed by atoms with Gasteiger partial charge in [-0.15, -0.1) is 0 Å². The van der Waals surface area contributed by atoms with Crippen LogP contribution in [-0.4, -0.2) is 4.57 Å². The molecule has 0 amide bonds. The van der Waals surface area contributed by atoms with Gasteiger partial charge in [0.15, 0.2) is 5.58 Å². The van der Waals surface area contributed by atoms with Crippen molar-refractivity contribution in [1.29, 1.82) is 0 Å². The molecule has 0 aliphatic carbocycles. The Balaban J connectivity index is 2.15. The second-order valence-corrected chi connectivity index (χ2v) is 5.33. The number of aromatic nitrogens is 1. The van der Waals surface area contributed by atoms with Crippen molar-refractivity contribution in [3.8, 4) is 0 Å². The van der Waals surface area contributed by atoms with Gasteiger partial charge in [0.2, 0.25) is 0 Å². The van der Waals surface area contributed by atoms with Crippen molar-refractivity contribution in [2.24, 2.45) is 0 Å². The van der Waals surface area contributed by atoms with E-state index in [9.17, 15) is 9.18 Å². The topological polar surface area (TPSA) is 61.2 Å². The zero-order chi connectivity index (χ0) is 14.3. The van der Waals surface area contributed by atoms with Crippen molar-refractivity contribution in [2.75, 3.05) is 5.73 Å². The summed E-state index contributed by atoms with van der Waals surface area (Å²) in [4.78, 5) is 11.9. The van der Waals surface area contributed by atoms with E-state index < -0.39 is 5.76 Å². The highest BCUT2D eigenvalue weighted by molar-refractivity contribution is 9.10. The van der Waals surface area contributed by atoms with Crippen molar-refractivity contribution in [3.63, 3.8) is 0 Å². The van der Waals surface area contributed by atoms with Crippen molar-refractivity contribution < 1.29 is 8.81 Å². The number of nitrogens with two attached hydrogens (primary N) is 1. The van der Waals surface area contributed by atoms with Crippen LogP contribution in [0, 0.1) is 5.82 Å². The highest BCUT2D eigenvalue weighted by Crippen LogP contribution is 2.20. The van der Waals surface area contributed by atoms with Crippen LogP contribution in [0.2, 0.25) is 0 Å². The van der Waals surface area contributed by atoms with E-state index in [0.29, 0.717) is 22.4 Å². The molecule has 0 saturated carbocycles. The van der Waals surface area contributed by atoms with Gasteiger partial charge in [0.25, 0.3) is 0 Å². The molecule has 0 saturated heterocycles. The predicted octanol–water partition coefficient (Wildman–Crippen LogP) is 3.13. The minimum Gasteiger partial charge on any atom is -0.408 e. The summed E-state index contributed by atoms with van der Waals surface area (Å²) in [7, 11) is 0. The van der Waals surface area contributed by atoms with E-state index in [2.05, 4.69) is 15.9 Å². The monoisotopic (exact) mass is 336 g/mol. The molecular weight excluding hydrogens is 327 g/mol. The third-order valence-corrected chi connectivity index (χ3v) is 3.52. The van der Waals surface area contributed by atoms with Gasteiger partial charge in [-0.25, -0.2) is 9.18 Å². The zero-order valence-corrected chi connectivity index (χ0v) is 11.9. The average Bonchev–Trinajstić information content (AvgIpc) is 2.70. The minimum absolute atomic E-state index is 0.0839. The fourth-order valence-electron chi connectivity index (χ4n) is 2.06. The number of rotatable bonds is 2. The standard InChI is InChI=1S/C14H10BrFN2O2/c15-9-1-3-11(16)8(5-9)7-18-12-6-10(17)2-4-13(12)20-14(18)19/h1-6H,7,17H2. The van der Waals surface area contributed by atoms with E-state index in [0.717, 1.165) is 4.47 Å². The molecule has 3 aromatic rings. The number of hydrogen-bond donors (Lipinski definition) is 1. The summed E-state index contributed by atoms with van der Waals surface area (Å²) < 4.78 is 21.0. The maximum atomic E-state index is 13.8. The molecule has 1 aromatic heterocycles. The molecule has 0 aliphatic heterocycles. The molecule has 2 aromatic carbocycles. The van der Waals surface area contributed by atoms with Gasteiger partial charge in [-0.2, -0.15) is 0 Å². The zero-order valence-electron chi connectivity index (χ0n) is 10.3. The first-order chi connectivity index (χ1) is 9.54. The molecule has 0 fully saturated rings. The first-order valence-electron chi connectivity index (χ1n) is 5.87. The molecule has 0 bridgehead atoms. The van der Waals surface area contributed by atoms with Gasteiger partial charge in [-0.05, 0) is 36.4 Å². The van der Waals surface area contributed by atoms with Gasteiger partial charge in [0.1, 0.15) is 5.82 Å². The summed E-state index contributed by atoms with van der Waals surface area (Å²) in [6, 6.07) is 9.49. The smallest absolute Gasteiger partial charge is 0.408 e. The van der Waals surface area contributed by atoms with E-state index >= 15 is 0 Å².